The third-order valence-electron chi connectivity index (χ3n) is 5.52. The van der Waals surface area contributed by atoms with Gasteiger partial charge in [0.25, 0.3) is 8.32 Å². The molecule has 1 heterocycles. The molecule has 7 heteroatoms. The Hall–Kier alpha value is -2.48. The molecule has 2 N–H and O–H groups in total. The molecule has 0 aliphatic carbocycles. The molecule has 0 bridgehead atoms. The zero-order chi connectivity index (χ0) is 21.2. The first-order valence-electron chi connectivity index (χ1n) is 9.66. The number of rotatable bonds is 5. The van der Waals surface area contributed by atoms with Crippen molar-refractivity contribution in [3.05, 3.63) is 60.7 Å². The van der Waals surface area contributed by atoms with E-state index in [1.54, 1.807) is 0 Å². The maximum absolute atomic E-state index is 12.0. The van der Waals surface area contributed by atoms with Gasteiger partial charge in [-0.2, -0.15) is 0 Å². The van der Waals surface area contributed by atoms with Crippen LogP contribution in [-0.4, -0.2) is 54.2 Å². The van der Waals surface area contributed by atoms with E-state index in [0.29, 0.717) is 4.90 Å². The molecule has 3 rings (SSSR count). The van der Waals surface area contributed by atoms with Crippen LogP contribution in [0.1, 0.15) is 27.2 Å². The van der Waals surface area contributed by atoms with E-state index in [1.807, 2.05) is 60.7 Å². The highest BCUT2D eigenvalue weighted by atomic mass is 28.4. The van der Waals surface area contributed by atoms with Gasteiger partial charge in [-0.15, -0.1) is 0 Å². The fourth-order valence-corrected chi connectivity index (χ4v) is 8.75. The van der Waals surface area contributed by atoms with Gasteiger partial charge < -0.3 is 14.6 Å². The van der Waals surface area contributed by atoms with Gasteiger partial charge in [0.15, 0.2) is 0 Å². The highest BCUT2D eigenvalue weighted by Crippen LogP contribution is 2.37. The minimum atomic E-state index is -2.87. The topological polar surface area (TPSA) is 87.1 Å². The van der Waals surface area contributed by atoms with Gasteiger partial charge in [0.1, 0.15) is 0 Å². The van der Waals surface area contributed by atoms with E-state index in [9.17, 15) is 19.8 Å². The average molecular weight is 414 g/mol. The second kappa shape index (κ2) is 8.10. The Morgan fingerprint density at radius 2 is 1.55 bits per heavy atom. The van der Waals surface area contributed by atoms with Crippen molar-refractivity contribution in [3.63, 3.8) is 0 Å². The summed E-state index contributed by atoms with van der Waals surface area (Å²) in [5.74, 6) is -0.596. The van der Waals surface area contributed by atoms with Crippen LogP contribution >= 0.6 is 0 Å². The van der Waals surface area contributed by atoms with Crippen molar-refractivity contribution in [2.24, 2.45) is 0 Å². The predicted octanol–water partition coefficient (Wildman–Crippen LogP) is 2.20. The van der Waals surface area contributed by atoms with Crippen molar-refractivity contribution in [3.8, 4) is 0 Å². The van der Waals surface area contributed by atoms with E-state index in [2.05, 4.69) is 20.8 Å². The van der Waals surface area contributed by atoms with Crippen LogP contribution in [0.25, 0.3) is 0 Å². The lowest BCUT2D eigenvalue weighted by atomic mass is 10.2. The molecule has 154 valence electrons. The maximum Gasteiger partial charge on any atom is 0.414 e. The van der Waals surface area contributed by atoms with Crippen molar-refractivity contribution in [1.82, 2.24) is 4.90 Å². The van der Waals surface area contributed by atoms with Crippen LogP contribution in [0.3, 0.4) is 0 Å². The van der Waals surface area contributed by atoms with Crippen molar-refractivity contribution in [1.29, 1.82) is 0 Å². The standard InChI is InChI=1S/C22H27NO5Si/c1-22(2,3)29(16-10-6-4-7-11-16,17-12-8-5-9-13-17)28-15-18-19(24)14-20(25)23(18)21(26)27/h4-13,18-19,24H,14-15H2,1-3H3,(H,26,27)/t18-,19-/m1/s1. The van der Waals surface area contributed by atoms with Gasteiger partial charge in [0.2, 0.25) is 5.91 Å². The number of carboxylic acid groups (broad SMARTS) is 1. The van der Waals surface area contributed by atoms with Crippen LogP contribution in [0.5, 0.6) is 0 Å². The SMILES string of the molecule is CC(C)(C)[Si](OC[C@@H]1[C@H](O)CC(=O)N1C(=O)O)(c1ccccc1)c1ccccc1. The number of benzene rings is 2. The van der Waals surface area contributed by atoms with E-state index in [0.717, 1.165) is 10.4 Å². The summed E-state index contributed by atoms with van der Waals surface area (Å²) in [6.07, 6.45) is -2.64. The molecule has 29 heavy (non-hydrogen) atoms. The van der Waals surface area contributed by atoms with E-state index in [-0.39, 0.29) is 18.1 Å². The molecule has 2 atom stereocenters. The molecule has 0 unspecified atom stereocenters. The number of carbonyl (C=O) groups excluding carboxylic acids is 1. The first-order valence-corrected chi connectivity index (χ1v) is 11.6. The molecule has 0 radical (unpaired) electrons. The van der Waals surface area contributed by atoms with Crippen LogP contribution in [0.2, 0.25) is 5.04 Å². The van der Waals surface area contributed by atoms with Gasteiger partial charge in [0, 0.05) is 0 Å². The van der Waals surface area contributed by atoms with Crippen molar-refractivity contribution < 1.29 is 24.2 Å². The third-order valence-corrected chi connectivity index (χ3v) is 10.5. The molecular weight excluding hydrogens is 386 g/mol. The van der Waals surface area contributed by atoms with Crippen molar-refractivity contribution in [2.75, 3.05) is 6.61 Å². The van der Waals surface area contributed by atoms with Gasteiger partial charge in [-0.3, -0.25) is 4.79 Å². The molecule has 1 aliphatic heterocycles. The zero-order valence-electron chi connectivity index (χ0n) is 16.9. The highest BCUT2D eigenvalue weighted by Gasteiger charge is 2.52. The summed E-state index contributed by atoms with van der Waals surface area (Å²) in [5, 5.41) is 21.6. The number of nitrogens with zero attached hydrogens (tertiary/aromatic N) is 1. The monoisotopic (exact) mass is 413 g/mol. The smallest absolute Gasteiger partial charge is 0.414 e. The van der Waals surface area contributed by atoms with Gasteiger partial charge in [-0.1, -0.05) is 81.4 Å². The average Bonchev–Trinajstić information content (AvgIpc) is 2.96. The lowest BCUT2D eigenvalue weighted by molar-refractivity contribution is -0.127. The number of aliphatic hydroxyl groups is 1. The van der Waals surface area contributed by atoms with E-state index in [1.165, 1.54) is 0 Å². The Kier molecular flexibility index (Phi) is 5.93. The first-order chi connectivity index (χ1) is 13.7. The molecule has 0 aromatic heterocycles. The number of imide groups is 1. The normalized spacial score (nSPS) is 20.1. The quantitative estimate of drug-likeness (QED) is 0.734. The van der Waals surface area contributed by atoms with E-state index < -0.39 is 32.5 Å². The molecule has 1 saturated heterocycles. The van der Waals surface area contributed by atoms with E-state index >= 15 is 0 Å². The second-order valence-electron chi connectivity index (χ2n) is 8.36. The maximum atomic E-state index is 12.0. The predicted molar refractivity (Wildman–Crippen MR) is 113 cm³/mol. The molecule has 6 nitrogen and oxygen atoms in total. The lowest BCUT2D eigenvalue weighted by Gasteiger charge is -2.44. The number of hydrogen-bond acceptors (Lipinski definition) is 4. The summed E-state index contributed by atoms with van der Waals surface area (Å²) in [6, 6.07) is 19.0. The largest absolute Gasteiger partial charge is 0.465 e. The van der Waals surface area contributed by atoms with Crippen LogP contribution in [0.15, 0.2) is 60.7 Å². The Bertz CT molecular complexity index is 826. The minimum absolute atomic E-state index is 0.0491. The number of hydrogen-bond donors (Lipinski definition) is 2. The summed E-state index contributed by atoms with van der Waals surface area (Å²) in [4.78, 5) is 24.3. The van der Waals surface area contributed by atoms with Crippen LogP contribution in [-0.2, 0) is 9.22 Å². The number of carbonyl (C=O) groups is 2. The number of likely N-dealkylation sites (tertiary alicyclic amines) is 1. The Labute approximate surface area is 171 Å². The molecule has 0 saturated carbocycles. The molecule has 2 amide bonds. The van der Waals surface area contributed by atoms with Crippen LogP contribution < -0.4 is 10.4 Å². The molecule has 2 aromatic rings. The van der Waals surface area contributed by atoms with Gasteiger partial charge in [-0.05, 0) is 15.4 Å². The van der Waals surface area contributed by atoms with Crippen molar-refractivity contribution in [2.45, 2.75) is 44.4 Å². The van der Waals surface area contributed by atoms with Gasteiger partial charge >= 0.3 is 6.09 Å². The Morgan fingerprint density at radius 3 is 1.97 bits per heavy atom. The molecule has 1 fully saturated rings. The third kappa shape index (κ3) is 3.85. The van der Waals surface area contributed by atoms with Crippen molar-refractivity contribution >= 4 is 30.7 Å². The fraction of sp³-hybridized carbons (Fsp3) is 0.364. The lowest BCUT2D eigenvalue weighted by Crippen LogP contribution is -2.67. The van der Waals surface area contributed by atoms with Gasteiger partial charge in [0.05, 0.1) is 25.2 Å². The number of aliphatic hydroxyl groups excluding tert-OH is 1. The Balaban J connectivity index is 2.07. The number of amides is 2. The van der Waals surface area contributed by atoms with E-state index in [4.69, 9.17) is 4.43 Å². The van der Waals surface area contributed by atoms with Crippen LogP contribution in [0.4, 0.5) is 4.79 Å². The summed E-state index contributed by atoms with van der Waals surface area (Å²) in [7, 11) is -2.87. The molecular formula is C22H27NO5Si. The summed E-state index contributed by atoms with van der Waals surface area (Å²) in [5.41, 5.74) is 0. The zero-order valence-corrected chi connectivity index (χ0v) is 17.9. The fourth-order valence-electron chi connectivity index (χ4n) is 4.18. The summed E-state index contributed by atoms with van der Waals surface area (Å²) < 4.78 is 6.67. The first kappa shape index (κ1) is 21.2. The summed E-state index contributed by atoms with van der Waals surface area (Å²) in [6.45, 7) is 6.30. The highest BCUT2D eigenvalue weighted by molar-refractivity contribution is 6.99. The molecule has 0 spiro atoms. The molecule has 1 aliphatic rings. The Morgan fingerprint density at radius 1 is 1.07 bits per heavy atom. The van der Waals surface area contributed by atoms with Crippen LogP contribution in [0, 0.1) is 0 Å². The summed E-state index contributed by atoms with van der Waals surface area (Å²) >= 11 is 0. The molecule has 2 aromatic carbocycles. The van der Waals surface area contributed by atoms with Gasteiger partial charge in [-0.25, -0.2) is 9.69 Å². The second-order valence-corrected chi connectivity index (χ2v) is 12.7. The minimum Gasteiger partial charge on any atom is -0.465 e.